The topological polar surface area (TPSA) is 43.8 Å². The molecule has 0 bridgehead atoms. The second-order valence-electron chi connectivity index (χ2n) is 4.04. The van der Waals surface area contributed by atoms with Crippen molar-refractivity contribution in [1.29, 1.82) is 0 Å². The lowest BCUT2D eigenvalue weighted by Gasteiger charge is -2.06. The van der Waals surface area contributed by atoms with Crippen LogP contribution in [0.25, 0.3) is 16.7 Å². The fourth-order valence-electron chi connectivity index (χ4n) is 1.97. The summed E-state index contributed by atoms with van der Waals surface area (Å²) >= 11 is 2.17. The predicted octanol–water partition coefficient (Wildman–Crippen LogP) is 3.49. The average Bonchev–Trinajstić information content (AvgIpc) is 2.68. The lowest BCUT2D eigenvalue weighted by atomic mass is 10.2. The molecule has 19 heavy (non-hydrogen) atoms. The molecule has 2 aromatic carbocycles. The summed E-state index contributed by atoms with van der Waals surface area (Å²) in [5.74, 6) is -1.56. The summed E-state index contributed by atoms with van der Waals surface area (Å²) in [7, 11) is 0. The Hall–Kier alpha value is -1.70. The maximum atomic E-state index is 13.3. The Kier molecular flexibility index (Phi) is 2.89. The van der Waals surface area contributed by atoms with Crippen molar-refractivity contribution in [2.24, 2.45) is 0 Å². The number of hydrogen-bond acceptors (Lipinski definition) is 2. The maximum absolute atomic E-state index is 13.3. The van der Waals surface area contributed by atoms with E-state index in [1.165, 1.54) is 6.07 Å². The highest BCUT2D eigenvalue weighted by Crippen LogP contribution is 2.25. The Labute approximate surface area is 121 Å². The van der Waals surface area contributed by atoms with Gasteiger partial charge in [0.05, 0.1) is 16.7 Å². The lowest BCUT2D eigenvalue weighted by molar-refractivity contribution is 0.508. The van der Waals surface area contributed by atoms with Crippen LogP contribution in [0, 0.1) is 15.2 Å². The van der Waals surface area contributed by atoms with Gasteiger partial charge in [-0.2, -0.15) is 0 Å². The van der Waals surface area contributed by atoms with E-state index < -0.39 is 11.6 Å². The average molecular weight is 371 g/mol. The molecule has 2 N–H and O–H groups in total. The van der Waals surface area contributed by atoms with Gasteiger partial charge in [-0.15, -0.1) is 0 Å². The van der Waals surface area contributed by atoms with Crippen molar-refractivity contribution >= 4 is 39.6 Å². The highest BCUT2D eigenvalue weighted by Gasteiger charge is 2.12. The molecule has 0 aliphatic heterocycles. The van der Waals surface area contributed by atoms with Crippen molar-refractivity contribution in [3.63, 3.8) is 0 Å². The quantitative estimate of drug-likeness (QED) is 0.666. The molecule has 3 rings (SSSR count). The van der Waals surface area contributed by atoms with Crippen molar-refractivity contribution in [3.05, 3.63) is 51.6 Å². The number of hydrogen-bond donors (Lipinski definition) is 1. The van der Waals surface area contributed by atoms with E-state index in [-0.39, 0.29) is 5.95 Å². The second-order valence-corrected chi connectivity index (χ2v) is 5.28. The normalized spacial score (nSPS) is 11.1. The van der Waals surface area contributed by atoms with Crippen LogP contribution in [0.3, 0.4) is 0 Å². The summed E-state index contributed by atoms with van der Waals surface area (Å²) in [5, 5.41) is 0. The summed E-state index contributed by atoms with van der Waals surface area (Å²) in [4.78, 5) is 4.22. The van der Waals surface area contributed by atoms with Crippen LogP contribution in [-0.4, -0.2) is 9.55 Å². The molecule has 0 saturated carbocycles. The van der Waals surface area contributed by atoms with Crippen molar-refractivity contribution < 1.29 is 8.78 Å². The second kappa shape index (κ2) is 4.44. The zero-order valence-corrected chi connectivity index (χ0v) is 11.7. The first-order valence-corrected chi connectivity index (χ1v) is 6.53. The molecule has 3 nitrogen and oxygen atoms in total. The number of aromatic nitrogens is 2. The highest BCUT2D eigenvalue weighted by molar-refractivity contribution is 14.1. The van der Waals surface area contributed by atoms with Crippen LogP contribution in [0.4, 0.5) is 14.7 Å². The Morgan fingerprint density at radius 2 is 1.84 bits per heavy atom. The largest absolute Gasteiger partial charge is 0.369 e. The third-order valence-electron chi connectivity index (χ3n) is 2.80. The molecular formula is C13H8F2IN3. The van der Waals surface area contributed by atoms with Gasteiger partial charge >= 0.3 is 0 Å². The molecule has 0 saturated heterocycles. The molecule has 0 spiro atoms. The minimum atomic E-state index is -0.913. The predicted molar refractivity (Wildman–Crippen MR) is 78.1 cm³/mol. The van der Waals surface area contributed by atoms with Gasteiger partial charge in [0.1, 0.15) is 0 Å². The van der Waals surface area contributed by atoms with Gasteiger partial charge in [0.25, 0.3) is 0 Å². The number of fused-ring (bicyclic) bond motifs is 1. The summed E-state index contributed by atoms with van der Waals surface area (Å²) < 4.78 is 28.9. The summed E-state index contributed by atoms with van der Waals surface area (Å²) in [6.45, 7) is 0. The number of rotatable bonds is 1. The van der Waals surface area contributed by atoms with Crippen LogP contribution in [0.2, 0.25) is 0 Å². The molecule has 0 radical (unpaired) electrons. The molecule has 0 amide bonds. The van der Waals surface area contributed by atoms with Crippen LogP contribution in [-0.2, 0) is 0 Å². The van der Waals surface area contributed by atoms with Crippen molar-refractivity contribution in [2.75, 3.05) is 5.73 Å². The highest BCUT2D eigenvalue weighted by atomic mass is 127. The fourth-order valence-corrected chi connectivity index (χ4v) is 2.44. The smallest absolute Gasteiger partial charge is 0.205 e. The molecule has 96 valence electrons. The molecule has 0 unspecified atom stereocenters. The molecule has 0 atom stereocenters. The van der Waals surface area contributed by atoms with Gasteiger partial charge in [-0.3, -0.25) is 4.57 Å². The van der Waals surface area contributed by atoms with E-state index in [2.05, 4.69) is 27.6 Å². The Morgan fingerprint density at radius 1 is 1.05 bits per heavy atom. The summed E-state index contributed by atoms with van der Waals surface area (Å²) in [6.07, 6.45) is 0. The Balaban J connectivity index is 2.29. The van der Waals surface area contributed by atoms with E-state index >= 15 is 0 Å². The summed E-state index contributed by atoms with van der Waals surface area (Å²) in [6, 6.07) is 9.27. The van der Waals surface area contributed by atoms with Crippen LogP contribution < -0.4 is 5.73 Å². The molecule has 1 aromatic heterocycles. The molecule has 1 heterocycles. The van der Waals surface area contributed by atoms with Crippen LogP contribution in [0.15, 0.2) is 36.4 Å². The Morgan fingerprint density at radius 3 is 2.58 bits per heavy atom. The first-order valence-electron chi connectivity index (χ1n) is 5.45. The number of halogens is 3. The molecule has 3 aromatic rings. The van der Waals surface area contributed by atoms with Crippen LogP contribution >= 0.6 is 22.6 Å². The monoisotopic (exact) mass is 371 g/mol. The van der Waals surface area contributed by atoms with Crippen molar-refractivity contribution in [2.45, 2.75) is 0 Å². The first kappa shape index (κ1) is 12.3. The third kappa shape index (κ3) is 2.05. The number of anilines is 1. The molecule has 6 heteroatoms. The molecule has 0 aliphatic rings. The van der Waals surface area contributed by atoms with E-state index in [0.717, 1.165) is 21.2 Å². The van der Waals surface area contributed by atoms with E-state index in [1.54, 1.807) is 4.57 Å². The van der Waals surface area contributed by atoms with E-state index in [0.29, 0.717) is 11.2 Å². The van der Waals surface area contributed by atoms with E-state index in [9.17, 15) is 8.78 Å². The van der Waals surface area contributed by atoms with Gasteiger partial charge in [0.2, 0.25) is 5.95 Å². The minimum Gasteiger partial charge on any atom is -0.369 e. The number of benzene rings is 2. The zero-order valence-electron chi connectivity index (χ0n) is 9.57. The van der Waals surface area contributed by atoms with E-state index in [1.807, 2.05) is 18.2 Å². The van der Waals surface area contributed by atoms with Crippen molar-refractivity contribution in [1.82, 2.24) is 9.55 Å². The number of nitrogens with zero attached hydrogens (tertiary/aromatic N) is 2. The molecular weight excluding hydrogens is 363 g/mol. The lowest BCUT2D eigenvalue weighted by Crippen LogP contribution is -2.01. The Bertz CT molecular complexity index is 783. The number of nitrogens with two attached hydrogens (primary N) is 1. The number of nitrogen functional groups attached to an aromatic ring is 1. The zero-order chi connectivity index (χ0) is 13.6. The first-order chi connectivity index (χ1) is 9.06. The van der Waals surface area contributed by atoms with Crippen LogP contribution in [0.1, 0.15) is 0 Å². The molecule has 0 aliphatic carbocycles. The number of imidazole rings is 1. The SMILES string of the molecule is Nc1nc2cc(I)ccc2n1-c1ccc(F)c(F)c1. The van der Waals surface area contributed by atoms with Crippen molar-refractivity contribution in [3.8, 4) is 5.69 Å². The standard InChI is InChI=1S/C13H8F2IN3/c14-9-3-2-8(6-10(9)15)19-12-4-1-7(16)5-11(12)18-13(19)17/h1-6H,(H2,17,18). The third-order valence-corrected chi connectivity index (χ3v) is 3.47. The van der Waals surface area contributed by atoms with E-state index in [4.69, 9.17) is 5.73 Å². The van der Waals surface area contributed by atoms with Crippen LogP contribution in [0.5, 0.6) is 0 Å². The van der Waals surface area contributed by atoms with Gasteiger partial charge in [-0.1, -0.05) is 0 Å². The fraction of sp³-hybridized carbons (Fsp3) is 0. The van der Waals surface area contributed by atoms with Gasteiger partial charge in [0.15, 0.2) is 11.6 Å². The van der Waals surface area contributed by atoms with Gasteiger partial charge < -0.3 is 5.73 Å². The van der Waals surface area contributed by atoms with Gasteiger partial charge in [-0.25, -0.2) is 13.8 Å². The van der Waals surface area contributed by atoms with Gasteiger partial charge in [-0.05, 0) is 52.9 Å². The maximum Gasteiger partial charge on any atom is 0.205 e. The van der Waals surface area contributed by atoms with Gasteiger partial charge in [0, 0.05) is 9.64 Å². The minimum absolute atomic E-state index is 0.239. The molecule has 0 fully saturated rings. The summed E-state index contributed by atoms with van der Waals surface area (Å²) in [5.41, 5.74) is 7.77.